The fraction of sp³-hybridized carbons (Fsp3) is 0.267. The third-order valence-electron chi connectivity index (χ3n) is 3.42. The average molecular weight is 300 g/mol. The summed E-state index contributed by atoms with van der Waals surface area (Å²) in [6.45, 7) is 3.81. The van der Waals surface area contributed by atoms with Crippen LogP contribution in [-0.4, -0.2) is 19.3 Å². The quantitative estimate of drug-likeness (QED) is 0.683. The molecule has 2 heterocycles. The van der Waals surface area contributed by atoms with Gasteiger partial charge in [-0.2, -0.15) is 10.4 Å². The van der Waals surface area contributed by atoms with E-state index in [0.717, 1.165) is 16.9 Å². The molecule has 5 nitrogen and oxygen atoms in total. The van der Waals surface area contributed by atoms with Crippen molar-refractivity contribution >= 4 is 22.6 Å². The van der Waals surface area contributed by atoms with E-state index in [0.29, 0.717) is 16.9 Å². The van der Waals surface area contributed by atoms with Gasteiger partial charge in [-0.05, 0) is 26.0 Å². The lowest BCUT2D eigenvalue weighted by Gasteiger charge is -2.09. The molecule has 3 rings (SSSR count). The van der Waals surface area contributed by atoms with Gasteiger partial charge in [-0.15, -0.1) is 11.6 Å². The Morgan fingerprint density at radius 2 is 2.14 bits per heavy atom. The third kappa shape index (κ3) is 2.08. The standard InChI is InChI=1S/C15H14ClN5/c1-9(16)15-18-14-11(7-17)5-4-6-12(14)21(15)13-8-20(3)19-10(13)2/h4-6,8-9H,1-3H3. The van der Waals surface area contributed by atoms with Gasteiger partial charge in [0.1, 0.15) is 17.4 Å². The number of halogens is 1. The van der Waals surface area contributed by atoms with E-state index >= 15 is 0 Å². The molecule has 6 heteroatoms. The van der Waals surface area contributed by atoms with Crippen molar-refractivity contribution < 1.29 is 0 Å². The van der Waals surface area contributed by atoms with E-state index in [-0.39, 0.29) is 5.38 Å². The number of benzene rings is 1. The molecule has 0 aliphatic carbocycles. The Morgan fingerprint density at radius 3 is 2.71 bits per heavy atom. The molecule has 2 aromatic heterocycles. The van der Waals surface area contributed by atoms with Crippen LogP contribution in [0.25, 0.3) is 16.7 Å². The Kier molecular flexibility index (Phi) is 3.19. The second kappa shape index (κ2) is 4.90. The molecule has 1 atom stereocenters. The lowest BCUT2D eigenvalue weighted by Crippen LogP contribution is -2.02. The summed E-state index contributed by atoms with van der Waals surface area (Å²) in [5, 5.41) is 13.4. The molecule has 1 unspecified atom stereocenters. The number of rotatable bonds is 2. The number of aromatic nitrogens is 4. The predicted octanol–water partition coefficient (Wildman–Crippen LogP) is 3.24. The number of para-hydroxylation sites is 1. The number of fused-ring (bicyclic) bond motifs is 1. The van der Waals surface area contributed by atoms with E-state index in [9.17, 15) is 5.26 Å². The van der Waals surface area contributed by atoms with E-state index in [1.807, 2.05) is 43.8 Å². The number of imidazole rings is 1. The molecular weight excluding hydrogens is 286 g/mol. The molecule has 0 radical (unpaired) electrons. The normalized spacial score (nSPS) is 12.5. The third-order valence-corrected chi connectivity index (χ3v) is 3.61. The second-order valence-corrected chi connectivity index (χ2v) is 5.63. The predicted molar refractivity (Wildman–Crippen MR) is 81.6 cm³/mol. The minimum atomic E-state index is -0.274. The van der Waals surface area contributed by atoms with E-state index < -0.39 is 0 Å². The SMILES string of the molecule is Cc1nn(C)cc1-n1c(C(C)Cl)nc2c(C#N)cccc21. The molecule has 0 aliphatic heterocycles. The molecule has 0 aliphatic rings. The van der Waals surface area contributed by atoms with Crippen molar-refractivity contribution in [1.82, 2.24) is 19.3 Å². The van der Waals surface area contributed by atoms with Gasteiger partial charge in [-0.3, -0.25) is 9.25 Å². The van der Waals surface area contributed by atoms with Crippen LogP contribution in [0.4, 0.5) is 0 Å². The van der Waals surface area contributed by atoms with Crippen LogP contribution in [0.5, 0.6) is 0 Å². The largest absolute Gasteiger partial charge is 0.292 e. The average Bonchev–Trinajstić information content (AvgIpc) is 2.98. The molecule has 1 aromatic carbocycles. The van der Waals surface area contributed by atoms with Gasteiger partial charge in [0.05, 0.1) is 27.8 Å². The fourth-order valence-corrected chi connectivity index (χ4v) is 2.68. The van der Waals surface area contributed by atoms with Crippen molar-refractivity contribution in [3.63, 3.8) is 0 Å². The van der Waals surface area contributed by atoms with Crippen LogP contribution in [0.15, 0.2) is 24.4 Å². The van der Waals surface area contributed by atoms with Gasteiger partial charge in [0.2, 0.25) is 0 Å². The van der Waals surface area contributed by atoms with Crippen LogP contribution >= 0.6 is 11.6 Å². The van der Waals surface area contributed by atoms with Gasteiger partial charge in [0.15, 0.2) is 0 Å². The van der Waals surface area contributed by atoms with Crippen molar-refractivity contribution in [2.75, 3.05) is 0 Å². The highest BCUT2D eigenvalue weighted by Gasteiger charge is 2.20. The van der Waals surface area contributed by atoms with Crippen LogP contribution in [0, 0.1) is 18.3 Å². The Morgan fingerprint density at radius 1 is 1.38 bits per heavy atom. The molecular formula is C15H14ClN5. The maximum Gasteiger partial charge on any atom is 0.132 e. The molecule has 0 bridgehead atoms. The van der Waals surface area contributed by atoms with E-state index in [1.165, 1.54) is 0 Å². The molecule has 0 fully saturated rings. The van der Waals surface area contributed by atoms with Crippen molar-refractivity contribution in [3.8, 4) is 11.8 Å². The number of nitrogens with zero attached hydrogens (tertiary/aromatic N) is 5. The lowest BCUT2D eigenvalue weighted by atomic mass is 10.2. The highest BCUT2D eigenvalue weighted by molar-refractivity contribution is 6.20. The number of aryl methyl sites for hydroxylation is 2. The zero-order valence-electron chi connectivity index (χ0n) is 12.0. The van der Waals surface area contributed by atoms with Gasteiger partial charge < -0.3 is 0 Å². The lowest BCUT2D eigenvalue weighted by molar-refractivity contribution is 0.756. The number of hydrogen-bond donors (Lipinski definition) is 0. The zero-order chi connectivity index (χ0) is 15.1. The van der Waals surface area contributed by atoms with E-state index in [4.69, 9.17) is 11.6 Å². The molecule has 106 valence electrons. The number of hydrogen-bond acceptors (Lipinski definition) is 3. The monoisotopic (exact) mass is 299 g/mol. The maximum atomic E-state index is 9.25. The highest BCUT2D eigenvalue weighted by Crippen LogP contribution is 2.30. The minimum absolute atomic E-state index is 0.274. The van der Waals surface area contributed by atoms with Crippen LogP contribution in [-0.2, 0) is 7.05 Å². The summed E-state index contributed by atoms with van der Waals surface area (Å²) in [4.78, 5) is 4.58. The summed E-state index contributed by atoms with van der Waals surface area (Å²) in [5.41, 5.74) is 3.90. The first kappa shape index (κ1) is 13.7. The Bertz CT molecular complexity index is 866. The number of nitriles is 1. The summed E-state index contributed by atoms with van der Waals surface area (Å²) in [7, 11) is 1.88. The van der Waals surface area contributed by atoms with Gasteiger partial charge >= 0.3 is 0 Å². The summed E-state index contributed by atoms with van der Waals surface area (Å²) in [6, 6.07) is 7.74. The highest BCUT2D eigenvalue weighted by atomic mass is 35.5. The van der Waals surface area contributed by atoms with Crippen LogP contribution in [0.1, 0.15) is 29.4 Å². The second-order valence-electron chi connectivity index (χ2n) is 4.98. The Labute approximate surface area is 127 Å². The molecule has 0 saturated carbocycles. The summed E-state index contributed by atoms with van der Waals surface area (Å²) in [6.07, 6.45) is 1.93. The van der Waals surface area contributed by atoms with Gasteiger partial charge in [-0.1, -0.05) is 6.07 Å². The topological polar surface area (TPSA) is 59.4 Å². The molecule has 0 saturated heterocycles. The fourth-order valence-electron chi connectivity index (χ4n) is 2.53. The first-order valence-electron chi connectivity index (χ1n) is 6.59. The van der Waals surface area contributed by atoms with Crippen molar-refractivity contribution in [1.29, 1.82) is 5.26 Å². The van der Waals surface area contributed by atoms with E-state index in [1.54, 1.807) is 10.7 Å². The first-order chi connectivity index (χ1) is 10.0. The molecule has 0 amide bonds. The summed E-state index contributed by atoms with van der Waals surface area (Å²) < 4.78 is 3.74. The van der Waals surface area contributed by atoms with Crippen molar-refractivity contribution in [2.45, 2.75) is 19.2 Å². The summed E-state index contributed by atoms with van der Waals surface area (Å²) in [5.74, 6) is 0.713. The van der Waals surface area contributed by atoms with Gasteiger partial charge in [0, 0.05) is 13.2 Å². The van der Waals surface area contributed by atoms with Crippen molar-refractivity contribution in [2.24, 2.45) is 7.05 Å². The van der Waals surface area contributed by atoms with Gasteiger partial charge in [0.25, 0.3) is 0 Å². The smallest absolute Gasteiger partial charge is 0.132 e. The Hall–Kier alpha value is -2.32. The maximum absolute atomic E-state index is 9.25. The zero-order valence-corrected chi connectivity index (χ0v) is 12.8. The van der Waals surface area contributed by atoms with Gasteiger partial charge in [-0.25, -0.2) is 4.98 Å². The minimum Gasteiger partial charge on any atom is -0.292 e. The molecule has 3 aromatic rings. The van der Waals surface area contributed by atoms with E-state index in [2.05, 4.69) is 16.2 Å². The van der Waals surface area contributed by atoms with Crippen molar-refractivity contribution in [3.05, 3.63) is 41.5 Å². The Balaban J connectivity index is 2.43. The summed E-state index contributed by atoms with van der Waals surface area (Å²) >= 11 is 6.29. The molecule has 0 N–H and O–H groups in total. The van der Waals surface area contributed by atoms with Crippen LogP contribution in [0.3, 0.4) is 0 Å². The van der Waals surface area contributed by atoms with Crippen LogP contribution in [0.2, 0.25) is 0 Å². The first-order valence-corrected chi connectivity index (χ1v) is 7.02. The van der Waals surface area contributed by atoms with Crippen LogP contribution < -0.4 is 0 Å². The number of alkyl halides is 1. The molecule has 21 heavy (non-hydrogen) atoms. The molecule has 0 spiro atoms.